The van der Waals surface area contributed by atoms with E-state index < -0.39 is 29.1 Å². The van der Waals surface area contributed by atoms with Gasteiger partial charge in [0.15, 0.2) is 6.61 Å². The average molecular weight is 307 g/mol. The molecule has 0 fully saturated rings. The van der Waals surface area contributed by atoms with Gasteiger partial charge >= 0.3 is 11.9 Å². The minimum absolute atomic E-state index is 0.0374. The van der Waals surface area contributed by atoms with E-state index in [1.165, 1.54) is 30.3 Å². The molecule has 1 rings (SSSR count). The SMILES string of the molecule is CC(C)(C)OC(=O)COC(=O)C=Cc1ccc([N+](=O)[O-])cc1. The molecule has 0 bridgehead atoms. The van der Waals surface area contributed by atoms with Crippen LogP contribution in [0.4, 0.5) is 5.69 Å². The number of ether oxygens (including phenoxy) is 2. The Hall–Kier alpha value is -2.70. The first kappa shape index (κ1) is 17.4. The number of hydrogen-bond acceptors (Lipinski definition) is 6. The van der Waals surface area contributed by atoms with Gasteiger partial charge in [0, 0.05) is 18.2 Å². The minimum atomic E-state index is -0.704. The maximum atomic E-state index is 11.4. The molecular formula is C15H17NO6. The summed E-state index contributed by atoms with van der Waals surface area (Å²) in [5.74, 6) is -1.34. The van der Waals surface area contributed by atoms with Gasteiger partial charge in [0.25, 0.3) is 5.69 Å². The van der Waals surface area contributed by atoms with Crippen molar-refractivity contribution in [3.63, 3.8) is 0 Å². The first-order valence-electron chi connectivity index (χ1n) is 6.48. The zero-order chi connectivity index (χ0) is 16.8. The molecule has 0 aliphatic heterocycles. The van der Waals surface area contributed by atoms with Crippen molar-refractivity contribution >= 4 is 23.7 Å². The Balaban J connectivity index is 2.47. The molecule has 1 aromatic rings. The van der Waals surface area contributed by atoms with E-state index in [4.69, 9.17) is 9.47 Å². The third kappa shape index (κ3) is 6.65. The van der Waals surface area contributed by atoms with Crippen LogP contribution in [0.3, 0.4) is 0 Å². The highest BCUT2D eigenvalue weighted by atomic mass is 16.6. The fourth-order valence-electron chi connectivity index (χ4n) is 1.42. The molecule has 0 saturated carbocycles. The van der Waals surface area contributed by atoms with Crippen LogP contribution in [0.1, 0.15) is 26.3 Å². The monoisotopic (exact) mass is 307 g/mol. The van der Waals surface area contributed by atoms with Crippen molar-refractivity contribution in [2.24, 2.45) is 0 Å². The van der Waals surface area contributed by atoms with Crippen molar-refractivity contribution < 1.29 is 24.0 Å². The van der Waals surface area contributed by atoms with Crippen molar-refractivity contribution in [1.29, 1.82) is 0 Å². The fraction of sp³-hybridized carbons (Fsp3) is 0.333. The van der Waals surface area contributed by atoms with Crippen LogP contribution in [-0.4, -0.2) is 29.1 Å². The molecule has 0 heterocycles. The van der Waals surface area contributed by atoms with Gasteiger partial charge in [-0.25, -0.2) is 9.59 Å². The lowest BCUT2D eigenvalue weighted by atomic mass is 10.2. The summed E-state index contributed by atoms with van der Waals surface area (Å²) in [6.45, 7) is 4.66. The summed E-state index contributed by atoms with van der Waals surface area (Å²) in [6.07, 6.45) is 2.56. The maximum absolute atomic E-state index is 11.4. The van der Waals surface area contributed by atoms with Gasteiger partial charge in [-0.05, 0) is 44.5 Å². The molecule has 7 nitrogen and oxygen atoms in total. The topological polar surface area (TPSA) is 95.7 Å². The minimum Gasteiger partial charge on any atom is -0.457 e. The lowest BCUT2D eigenvalue weighted by Gasteiger charge is -2.19. The molecule has 0 aliphatic carbocycles. The summed E-state index contributed by atoms with van der Waals surface area (Å²) in [5.41, 5.74) is -0.0811. The predicted octanol–water partition coefficient (Wildman–Crippen LogP) is 2.49. The van der Waals surface area contributed by atoms with Crippen molar-refractivity contribution in [2.75, 3.05) is 6.61 Å². The van der Waals surface area contributed by atoms with Crippen LogP contribution in [0.25, 0.3) is 6.08 Å². The van der Waals surface area contributed by atoms with E-state index in [0.717, 1.165) is 6.08 Å². The van der Waals surface area contributed by atoms with Crippen LogP contribution in [0, 0.1) is 10.1 Å². The number of carbonyl (C=O) groups excluding carboxylic acids is 2. The molecule has 7 heteroatoms. The highest BCUT2D eigenvalue weighted by molar-refractivity contribution is 5.88. The second-order valence-corrected chi connectivity index (χ2v) is 5.38. The quantitative estimate of drug-likeness (QED) is 0.359. The third-order valence-electron chi connectivity index (χ3n) is 2.27. The van der Waals surface area contributed by atoms with Crippen molar-refractivity contribution in [2.45, 2.75) is 26.4 Å². The van der Waals surface area contributed by atoms with E-state index in [0.29, 0.717) is 5.56 Å². The number of nitrogens with zero attached hydrogens (tertiary/aromatic N) is 1. The van der Waals surface area contributed by atoms with Gasteiger partial charge < -0.3 is 9.47 Å². The highest BCUT2D eigenvalue weighted by Crippen LogP contribution is 2.13. The molecule has 0 atom stereocenters. The highest BCUT2D eigenvalue weighted by Gasteiger charge is 2.17. The van der Waals surface area contributed by atoms with Crippen molar-refractivity contribution in [3.8, 4) is 0 Å². The van der Waals surface area contributed by atoms with Crippen LogP contribution in [0.5, 0.6) is 0 Å². The molecule has 0 N–H and O–H groups in total. The Bertz CT molecular complexity index is 583. The number of nitro groups is 1. The van der Waals surface area contributed by atoms with Crippen LogP contribution < -0.4 is 0 Å². The van der Waals surface area contributed by atoms with E-state index in [2.05, 4.69) is 0 Å². The van der Waals surface area contributed by atoms with E-state index in [9.17, 15) is 19.7 Å². The number of rotatable bonds is 5. The van der Waals surface area contributed by atoms with Gasteiger partial charge in [-0.2, -0.15) is 0 Å². The molecule has 0 aliphatic rings. The summed E-state index contributed by atoms with van der Waals surface area (Å²) < 4.78 is 9.71. The average Bonchev–Trinajstić information content (AvgIpc) is 2.41. The predicted molar refractivity (Wildman–Crippen MR) is 78.9 cm³/mol. The largest absolute Gasteiger partial charge is 0.457 e. The van der Waals surface area contributed by atoms with E-state index in [1.54, 1.807) is 20.8 Å². The Morgan fingerprint density at radius 1 is 1.23 bits per heavy atom. The molecule has 1 aromatic carbocycles. The number of esters is 2. The second-order valence-electron chi connectivity index (χ2n) is 5.38. The zero-order valence-corrected chi connectivity index (χ0v) is 12.6. The first-order chi connectivity index (χ1) is 10.2. The smallest absolute Gasteiger partial charge is 0.344 e. The zero-order valence-electron chi connectivity index (χ0n) is 12.6. The van der Waals surface area contributed by atoms with Gasteiger partial charge in [-0.15, -0.1) is 0 Å². The van der Waals surface area contributed by atoms with E-state index >= 15 is 0 Å². The maximum Gasteiger partial charge on any atom is 0.344 e. The van der Waals surface area contributed by atoms with Gasteiger partial charge in [0.2, 0.25) is 0 Å². The number of nitro benzene ring substituents is 1. The molecule has 0 radical (unpaired) electrons. The van der Waals surface area contributed by atoms with E-state index in [1.807, 2.05) is 0 Å². The van der Waals surface area contributed by atoms with Crippen LogP contribution in [0.15, 0.2) is 30.3 Å². The van der Waals surface area contributed by atoms with Crippen LogP contribution in [-0.2, 0) is 19.1 Å². The summed E-state index contributed by atoms with van der Waals surface area (Å²) in [7, 11) is 0. The Kier molecular flexibility index (Phi) is 5.80. The molecule has 0 unspecified atom stereocenters. The van der Waals surface area contributed by atoms with Crippen LogP contribution in [0.2, 0.25) is 0 Å². The van der Waals surface area contributed by atoms with Gasteiger partial charge in [0.1, 0.15) is 5.60 Å². The summed E-state index contributed by atoms with van der Waals surface area (Å²) in [5, 5.41) is 10.5. The third-order valence-corrected chi connectivity index (χ3v) is 2.27. The first-order valence-corrected chi connectivity index (χ1v) is 6.48. The van der Waals surface area contributed by atoms with E-state index in [-0.39, 0.29) is 5.69 Å². The molecule has 22 heavy (non-hydrogen) atoms. The summed E-state index contributed by atoms with van der Waals surface area (Å²) >= 11 is 0. The fourth-order valence-corrected chi connectivity index (χ4v) is 1.42. The molecule has 0 spiro atoms. The summed E-state index contributed by atoms with van der Waals surface area (Å²) in [6, 6.07) is 5.64. The molecule has 0 amide bonds. The van der Waals surface area contributed by atoms with Crippen molar-refractivity contribution in [1.82, 2.24) is 0 Å². The molecule has 0 saturated heterocycles. The molecule has 118 valence electrons. The normalized spacial score (nSPS) is 11.2. The Morgan fingerprint density at radius 3 is 2.32 bits per heavy atom. The molecule has 0 aromatic heterocycles. The Morgan fingerprint density at radius 2 is 1.82 bits per heavy atom. The second kappa shape index (κ2) is 7.35. The lowest BCUT2D eigenvalue weighted by Crippen LogP contribution is -2.27. The molecular weight excluding hydrogens is 290 g/mol. The van der Waals surface area contributed by atoms with Gasteiger partial charge in [0.05, 0.1) is 4.92 Å². The van der Waals surface area contributed by atoms with Gasteiger partial charge in [-0.1, -0.05) is 0 Å². The Labute approximate surface area is 127 Å². The number of non-ortho nitro benzene ring substituents is 1. The number of benzene rings is 1. The number of hydrogen-bond donors (Lipinski definition) is 0. The van der Waals surface area contributed by atoms with Crippen LogP contribution >= 0.6 is 0 Å². The summed E-state index contributed by atoms with van der Waals surface area (Å²) in [4.78, 5) is 32.8. The van der Waals surface area contributed by atoms with Gasteiger partial charge in [-0.3, -0.25) is 10.1 Å². The standard InChI is InChI=1S/C15H17NO6/c1-15(2,3)22-14(18)10-21-13(17)9-6-11-4-7-12(8-5-11)16(19)20/h4-9H,10H2,1-3H3. The lowest BCUT2D eigenvalue weighted by molar-refractivity contribution is -0.384. The van der Waals surface area contributed by atoms with Crippen molar-refractivity contribution in [3.05, 3.63) is 46.0 Å². The number of carbonyl (C=O) groups is 2.